The Hall–Kier alpha value is -1.75. The SMILES string of the molecule is CCCN=C(N)NC(=O)N(C)c1c(C)cccc1Cl. The number of urea groups is 1. The molecule has 0 aliphatic carbocycles. The summed E-state index contributed by atoms with van der Waals surface area (Å²) < 4.78 is 0. The molecule has 0 fully saturated rings. The van der Waals surface area contributed by atoms with Crippen molar-refractivity contribution in [3.8, 4) is 0 Å². The van der Waals surface area contributed by atoms with Crippen LogP contribution in [0.2, 0.25) is 5.02 Å². The minimum atomic E-state index is -0.367. The number of halogens is 1. The van der Waals surface area contributed by atoms with Crippen LogP contribution in [0.25, 0.3) is 0 Å². The molecular weight excluding hydrogens is 264 g/mol. The number of hydrogen-bond donors (Lipinski definition) is 2. The van der Waals surface area contributed by atoms with Crippen molar-refractivity contribution in [3.05, 3.63) is 28.8 Å². The van der Waals surface area contributed by atoms with Crippen LogP contribution in [0.3, 0.4) is 0 Å². The molecule has 104 valence electrons. The van der Waals surface area contributed by atoms with Gasteiger partial charge in [-0.1, -0.05) is 30.7 Å². The second kappa shape index (κ2) is 6.99. The van der Waals surface area contributed by atoms with E-state index in [0.717, 1.165) is 12.0 Å². The number of carbonyl (C=O) groups excluding carboxylic acids is 1. The van der Waals surface area contributed by atoms with Gasteiger partial charge in [0, 0.05) is 13.6 Å². The van der Waals surface area contributed by atoms with E-state index in [-0.39, 0.29) is 12.0 Å². The third kappa shape index (κ3) is 4.13. The molecule has 0 saturated carbocycles. The van der Waals surface area contributed by atoms with Crippen molar-refractivity contribution in [1.29, 1.82) is 0 Å². The highest BCUT2D eigenvalue weighted by Crippen LogP contribution is 2.28. The first-order chi connectivity index (χ1) is 8.97. The highest BCUT2D eigenvalue weighted by atomic mass is 35.5. The van der Waals surface area contributed by atoms with E-state index in [4.69, 9.17) is 17.3 Å². The molecule has 0 atom stereocenters. The zero-order chi connectivity index (χ0) is 14.4. The summed E-state index contributed by atoms with van der Waals surface area (Å²) in [4.78, 5) is 17.4. The lowest BCUT2D eigenvalue weighted by Crippen LogP contribution is -2.44. The third-order valence-electron chi connectivity index (χ3n) is 2.57. The second-order valence-electron chi connectivity index (χ2n) is 4.16. The highest BCUT2D eigenvalue weighted by molar-refractivity contribution is 6.34. The van der Waals surface area contributed by atoms with Crippen LogP contribution in [0.1, 0.15) is 18.9 Å². The number of amides is 2. The van der Waals surface area contributed by atoms with E-state index >= 15 is 0 Å². The number of nitrogens with two attached hydrogens (primary N) is 1. The largest absolute Gasteiger partial charge is 0.370 e. The molecule has 0 spiro atoms. The van der Waals surface area contributed by atoms with Gasteiger partial charge in [0.05, 0.1) is 10.7 Å². The molecule has 0 aliphatic rings. The summed E-state index contributed by atoms with van der Waals surface area (Å²) in [5, 5.41) is 3.04. The average Bonchev–Trinajstić information content (AvgIpc) is 2.35. The van der Waals surface area contributed by atoms with Crippen molar-refractivity contribution >= 4 is 29.3 Å². The lowest BCUT2D eigenvalue weighted by atomic mass is 10.2. The molecule has 0 aromatic heterocycles. The molecule has 0 unspecified atom stereocenters. The Morgan fingerprint density at radius 2 is 2.21 bits per heavy atom. The summed E-state index contributed by atoms with van der Waals surface area (Å²) in [5.41, 5.74) is 7.18. The Balaban J connectivity index is 2.83. The predicted molar refractivity (Wildman–Crippen MR) is 79.9 cm³/mol. The quantitative estimate of drug-likeness (QED) is 0.660. The minimum absolute atomic E-state index is 0.114. The number of aliphatic imine (C=N–C) groups is 1. The Labute approximate surface area is 118 Å². The molecule has 0 bridgehead atoms. The topological polar surface area (TPSA) is 70.7 Å². The highest BCUT2D eigenvalue weighted by Gasteiger charge is 2.16. The van der Waals surface area contributed by atoms with Gasteiger partial charge < -0.3 is 5.73 Å². The van der Waals surface area contributed by atoms with Crippen LogP contribution in [0.15, 0.2) is 23.2 Å². The van der Waals surface area contributed by atoms with Crippen molar-refractivity contribution in [1.82, 2.24) is 5.32 Å². The van der Waals surface area contributed by atoms with Gasteiger partial charge in [0.15, 0.2) is 5.96 Å². The fourth-order valence-corrected chi connectivity index (χ4v) is 1.96. The van der Waals surface area contributed by atoms with Gasteiger partial charge in [0.1, 0.15) is 0 Å². The number of nitrogens with zero attached hydrogens (tertiary/aromatic N) is 2. The smallest absolute Gasteiger partial charge is 0.328 e. The number of aryl methyl sites for hydroxylation is 1. The molecule has 19 heavy (non-hydrogen) atoms. The van der Waals surface area contributed by atoms with Crippen LogP contribution in [0.4, 0.5) is 10.5 Å². The van der Waals surface area contributed by atoms with Crippen molar-refractivity contribution in [2.75, 3.05) is 18.5 Å². The summed E-state index contributed by atoms with van der Waals surface area (Å²) in [7, 11) is 1.64. The number of nitrogens with one attached hydrogen (secondary N) is 1. The molecule has 1 aromatic carbocycles. The summed E-state index contributed by atoms with van der Waals surface area (Å²) in [6, 6.07) is 5.10. The molecule has 6 heteroatoms. The number of guanidine groups is 1. The van der Waals surface area contributed by atoms with Gasteiger partial charge in [-0.15, -0.1) is 0 Å². The molecule has 0 aliphatic heterocycles. The van der Waals surface area contributed by atoms with E-state index in [2.05, 4.69) is 10.3 Å². The molecule has 0 heterocycles. The van der Waals surface area contributed by atoms with E-state index in [1.165, 1.54) is 4.90 Å². The number of carbonyl (C=O) groups is 1. The maximum Gasteiger partial charge on any atom is 0.328 e. The number of rotatable bonds is 3. The van der Waals surface area contributed by atoms with E-state index in [1.807, 2.05) is 26.0 Å². The Bertz CT molecular complexity index is 467. The van der Waals surface area contributed by atoms with Gasteiger partial charge in [-0.3, -0.25) is 15.2 Å². The fourth-order valence-electron chi connectivity index (χ4n) is 1.61. The Morgan fingerprint density at radius 1 is 1.53 bits per heavy atom. The minimum Gasteiger partial charge on any atom is -0.370 e. The molecule has 2 amide bonds. The molecule has 0 saturated heterocycles. The fraction of sp³-hybridized carbons (Fsp3) is 0.385. The van der Waals surface area contributed by atoms with Crippen molar-refractivity contribution in [3.63, 3.8) is 0 Å². The Kier molecular flexibility index (Phi) is 5.63. The predicted octanol–water partition coefficient (Wildman–Crippen LogP) is 2.52. The van der Waals surface area contributed by atoms with E-state index in [9.17, 15) is 4.79 Å². The molecule has 1 aromatic rings. The van der Waals surface area contributed by atoms with Crippen molar-refractivity contribution in [2.24, 2.45) is 10.7 Å². The van der Waals surface area contributed by atoms with E-state index in [1.54, 1.807) is 13.1 Å². The van der Waals surface area contributed by atoms with Crippen LogP contribution in [0, 0.1) is 6.92 Å². The van der Waals surface area contributed by atoms with Crippen LogP contribution >= 0.6 is 11.6 Å². The average molecular weight is 283 g/mol. The van der Waals surface area contributed by atoms with Crippen LogP contribution in [-0.2, 0) is 0 Å². The normalized spacial score (nSPS) is 11.3. The lowest BCUT2D eigenvalue weighted by Gasteiger charge is -2.21. The van der Waals surface area contributed by atoms with E-state index in [0.29, 0.717) is 17.3 Å². The summed E-state index contributed by atoms with van der Waals surface area (Å²) in [6.45, 7) is 4.46. The summed E-state index contributed by atoms with van der Waals surface area (Å²) >= 11 is 6.11. The first kappa shape index (κ1) is 15.3. The maximum absolute atomic E-state index is 12.0. The first-order valence-electron chi connectivity index (χ1n) is 6.07. The zero-order valence-corrected chi connectivity index (χ0v) is 12.2. The molecule has 3 N–H and O–H groups in total. The third-order valence-corrected chi connectivity index (χ3v) is 2.87. The first-order valence-corrected chi connectivity index (χ1v) is 6.45. The van der Waals surface area contributed by atoms with Crippen molar-refractivity contribution in [2.45, 2.75) is 20.3 Å². The Morgan fingerprint density at radius 3 is 2.79 bits per heavy atom. The van der Waals surface area contributed by atoms with Crippen LogP contribution in [-0.4, -0.2) is 25.6 Å². The number of benzene rings is 1. The number of para-hydroxylation sites is 1. The zero-order valence-electron chi connectivity index (χ0n) is 11.4. The van der Waals surface area contributed by atoms with Gasteiger partial charge in [-0.05, 0) is 25.0 Å². The standard InChI is InChI=1S/C13H19ClN4O/c1-4-8-16-12(15)17-13(19)18(3)11-9(2)6-5-7-10(11)14/h5-7H,4,8H2,1-3H3,(H3,15,16,17,19). The molecule has 1 rings (SSSR count). The summed E-state index contributed by atoms with van der Waals surface area (Å²) in [5.74, 6) is 0.114. The number of anilines is 1. The van der Waals surface area contributed by atoms with Crippen LogP contribution in [0.5, 0.6) is 0 Å². The molecule has 0 radical (unpaired) electrons. The lowest BCUT2D eigenvalue weighted by molar-refractivity contribution is 0.251. The van der Waals surface area contributed by atoms with Crippen LogP contribution < -0.4 is 16.0 Å². The maximum atomic E-state index is 12.0. The van der Waals surface area contributed by atoms with Crippen molar-refractivity contribution < 1.29 is 4.79 Å². The van der Waals surface area contributed by atoms with Gasteiger partial charge in [-0.2, -0.15) is 0 Å². The van der Waals surface area contributed by atoms with Gasteiger partial charge in [-0.25, -0.2) is 4.79 Å². The second-order valence-corrected chi connectivity index (χ2v) is 4.57. The summed E-state index contributed by atoms with van der Waals surface area (Å²) in [6.07, 6.45) is 0.871. The van der Waals surface area contributed by atoms with Gasteiger partial charge in [0.25, 0.3) is 0 Å². The van der Waals surface area contributed by atoms with Gasteiger partial charge >= 0.3 is 6.03 Å². The van der Waals surface area contributed by atoms with Gasteiger partial charge in [0.2, 0.25) is 0 Å². The number of hydrogen-bond acceptors (Lipinski definition) is 2. The monoisotopic (exact) mass is 282 g/mol. The molecule has 5 nitrogen and oxygen atoms in total. The van der Waals surface area contributed by atoms with E-state index < -0.39 is 0 Å². The molecular formula is C13H19ClN4O.